The topological polar surface area (TPSA) is 68.8 Å². The number of nitrogens with one attached hydrogen (secondary N) is 1. The largest absolute Gasteiger partial charge is 0.338 e. The van der Waals surface area contributed by atoms with Crippen LogP contribution in [0.3, 0.4) is 0 Å². The molecule has 3 aromatic rings. The van der Waals surface area contributed by atoms with Crippen LogP contribution in [0, 0.1) is 19.8 Å². The summed E-state index contributed by atoms with van der Waals surface area (Å²) < 4.78 is 7.44. The highest BCUT2D eigenvalue weighted by molar-refractivity contribution is 5.36. The molecule has 0 spiro atoms. The third-order valence-corrected chi connectivity index (χ3v) is 4.40. The lowest BCUT2D eigenvalue weighted by Crippen LogP contribution is -2.28. The Morgan fingerprint density at radius 1 is 1.08 bits per heavy atom. The SMILES string of the molecule is Cc1noc([C@@H](N[C@H](C)c2ccc(-n3ccnc3C)cc2)C(C)C)n1. The molecule has 1 N–H and O–H groups in total. The smallest absolute Gasteiger partial charge is 0.244 e. The fourth-order valence-electron chi connectivity index (χ4n) is 2.93. The van der Waals surface area contributed by atoms with Gasteiger partial charge in [0.1, 0.15) is 5.82 Å². The Bertz CT molecular complexity index is 818. The molecule has 0 unspecified atom stereocenters. The number of nitrogens with zero attached hydrogens (tertiary/aromatic N) is 4. The number of hydrogen-bond donors (Lipinski definition) is 1. The number of aromatic nitrogens is 4. The van der Waals surface area contributed by atoms with Gasteiger partial charge in [-0.2, -0.15) is 4.98 Å². The van der Waals surface area contributed by atoms with E-state index in [1.807, 2.05) is 26.2 Å². The van der Waals surface area contributed by atoms with E-state index in [9.17, 15) is 0 Å². The van der Waals surface area contributed by atoms with E-state index in [4.69, 9.17) is 4.52 Å². The number of benzene rings is 1. The standard InChI is InChI=1S/C19H25N5O/c1-12(2)18(19-22-14(4)23-25-19)21-13(3)16-6-8-17(9-7-16)24-11-10-20-15(24)5/h6-13,18,21H,1-5H3/t13-,18+/m1/s1. The maximum Gasteiger partial charge on any atom is 0.244 e. The first kappa shape index (κ1) is 17.4. The third kappa shape index (κ3) is 3.79. The zero-order valence-electron chi connectivity index (χ0n) is 15.4. The van der Waals surface area contributed by atoms with Gasteiger partial charge in [-0.05, 0) is 44.4 Å². The Balaban J connectivity index is 1.76. The molecule has 2 heterocycles. The minimum Gasteiger partial charge on any atom is -0.338 e. The number of rotatable bonds is 6. The molecule has 25 heavy (non-hydrogen) atoms. The average molecular weight is 339 g/mol. The van der Waals surface area contributed by atoms with Crippen molar-refractivity contribution >= 4 is 0 Å². The van der Waals surface area contributed by atoms with Crippen molar-refractivity contribution in [3.05, 3.63) is 59.8 Å². The van der Waals surface area contributed by atoms with Crippen molar-refractivity contribution in [1.29, 1.82) is 0 Å². The second-order valence-corrected chi connectivity index (χ2v) is 6.73. The normalized spacial score (nSPS) is 14.0. The Morgan fingerprint density at radius 3 is 2.32 bits per heavy atom. The number of hydrogen-bond acceptors (Lipinski definition) is 5. The van der Waals surface area contributed by atoms with E-state index < -0.39 is 0 Å². The summed E-state index contributed by atoms with van der Waals surface area (Å²) in [5.41, 5.74) is 2.32. The van der Waals surface area contributed by atoms with Gasteiger partial charge in [-0.15, -0.1) is 0 Å². The molecule has 6 heteroatoms. The van der Waals surface area contributed by atoms with Crippen molar-refractivity contribution in [2.24, 2.45) is 5.92 Å². The molecule has 6 nitrogen and oxygen atoms in total. The quantitative estimate of drug-likeness (QED) is 0.737. The van der Waals surface area contributed by atoms with E-state index in [1.54, 1.807) is 0 Å². The van der Waals surface area contributed by atoms with Crippen molar-refractivity contribution < 1.29 is 4.52 Å². The van der Waals surface area contributed by atoms with Gasteiger partial charge in [0.05, 0.1) is 6.04 Å². The van der Waals surface area contributed by atoms with Crippen LogP contribution in [0.1, 0.15) is 56.0 Å². The van der Waals surface area contributed by atoms with E-state index in [1.165, 1.54) is 5.56 Å². The van der Waals surface area contributed by atoms with Crippen LogP contribution < -0.4 is 5.32 Å². The highest BCUT2D eigenvalue weighted by Gasteiger charge is 2.24. The molecule has 0 saturated carbocycles. The summed E-state index contributed by atoms with van der Waals surface area (Å²) in [6.45, 7) is 10.3. The molecule has 0 aliphatic heterocycles. The van der Waals surface area contributed by atoms with E-state index in [0.717, 1.165) is 11.5 Å². The summed E-state index contributed by atoms with van der Waals surface area (Å²) in [5, 5.41) is 7.53. The Morgan fingerprint density at radius 2 is 1.80 bits per heavy atom. The van der Waals surface area contributed by atoms with Crippen molar-refractivity contribution in [2.45, 2.75) is 46.7 Å². The van der Waals surface area contributed by atoms with Crippen LogP contribution in [0.2, 0.25) is 0 Å². The fraction of sp³-hybridized carbons (Fsp3) is 0.421. The Labute approximate surface area is 148 Å². The Hall–Kier alpha value is -2.47. The molecule has 0 amide bonds. The van der Waals surface area contributed by atoms with Gasteiger partial charge in [0.15, 0.2) is 5.82 Å². The van der Waals surface area contributed by atoms with Crippen LogP contribution in [-0.2, 0) is 0 Å². The second-order valence-electron chi connectivity index (χ2n) is 6.73. The summed E-state index contributed by atoms with van der Waals surface area (Å²) in [5.74, 6) is 2.63. The van der Waals surface area contributed by atoms with Gasteiger partial charge in [0.25, 0.3) is 0 Å². The first-order valence-electron chi connectivity index (χ1n) is 8.62. The lowest BCUT2D eigenvalue weighted by Gasteiger charge is -2.24. The first-order chi connectivity index (χ1) is 12.0. The van der Waals surface area contributed by atoms with Gasteiger partial charge >= 0.3 is 0 Å². The average Bonchev–Trinajstić information content (AvgIpc) is 3.20. The lowest BCUT2D eigenvalue weighted by atomic mass is 10.0. The second kappa shape index (κ2) is 7.19. The highest BCUT2D eigenvalue weighted by Crippen LogP contribution is 2.25. The molecule has 132 valence electrons. The zero-order valence-corrected chi connectivity index (χ0v) is 15.4. The van der Waals surface area contributed by atoms with Crippen molar-refractivity contribution in [2.75, 3.05) is 0 Å². The fourth-order valence-corrected chi connectivity index (χ4v) is 2.93. The monoisotopic (exact) mass is 339 g/mol. The first-order valence-corrected chi connectivity index (χ1v) is 8.62. The van der Waals surface area contributed by atoms with E-state index in [2.05, 4.69) is 70.0 Å². The molecule has 0 aliphatic rings. The molecule has 0 fully saturated rings. The maximum atomic E-state index is 5.37. The third-order valence-electron chi connectivity index (χ3n) is 4.40. The van der Waals surface area contributed by atoms with Crippen LogP contribution in [0.4, 0.5) is 0 Å². The van der Waals surface area contributed by atoms with Crippen molar-refractivity contribution in [3.8, 4) is 5.69 Å². The minimum atomic E-state index is 0.0202. The van der Waals surface area contributed by atoms with Crippen LogP contribution in [0.25, 0.3) is 5.69 Å². The molecule has 0 radical (unpaired) electrons. The summed E-state index contributed by atoms with van der Waals surface area (Å²) in [6.07, 6.45) is 3.78. The van der Waals surface area contributed by atoms with Crippen LogP contribution in [-0.4, -0.2) is 19.7 Å². The molecular formula is C19H25N5O. The molecule has 2 atom stereocenters. The zero-order chi connectivity index (χ0) is 18.0. The summed E-state index contributed by atoms with van der Waals surface area (Å²) >= 11 is 0. The molecule has 0 bridgehead atoms. The van der Waals surface area contributed by atoms with Gasteiger partial charge in [-0.3, -0.25) is 5.32 Å². The molecule has 2 aromatic heterocycles. The van der Waals surface area contributed by atoms with E-state index in [0.29, 0.717) is 17.6 Å². The highest BCUT2D eigenvalue weighted by atomic mass is 16.5. The minimum absolute atomic E-state index is 0.0202. The predicted molar refractivity (Wildman–Crippen MR) is 96.5 cm³/mol. The van der Waals surface area contributed by atoms with Crippen LogP contribution in [0.15, 0.2) is 41.2 Å². The van der Waals surface area contributed by atoms with E-state index >= 15 is 0 Å². The molecule has 3 rings (SSSR count). The number of imidazole rings is 1. The van der Waals surface area contributed by atoms with Gasteiger partial charge in [0.2, 0.25) is 5.89 Å². The summed E-state index contributed by atoms with van der Waals surface area (Å²) in [4.78, 5) is 8.66. The van der Waals surface area contributed by atoms with Gasteiger partial charge < -0.3 is 9.09 Å². The molecule has 1 aromatic carbocycles. The van der Waals surface area contributed by atoms with E-state index in [-0.39, 0.29) is 12.1 Å². The van der Waals surface area contributed by atoms with Gasteiger partial charge in [0, 0.05) is 24.1 Å². The van der Waals surface area contributed by atoms with Crippen molar-refractivity contribution in [1.82, 2.24) is 25.0 Å². The van der Waals surface area contributed by atoms with Gasteiger partial charge in [-0.1, -0.05) is 31.1 Å². The molecular weight excluding hydrogens is 314 g/mol. The molecule has 0 aliphatic carbocycles. The molecule has 0 saturated heterocycles. The lowest BCUT2D eigenvalue weighted by molar-refractivity contribution is 0.273. The van der Waals surface area contributed by atoms with Crippen molar-refractivity contribution in [3.63, 3.8) is 0 Å². The summed E-state index contributed by atoms with van der Waals surface area (Å²) in [6, 6.07) is 8.70. The van der Waals surface area contributed by atoms with Crippen LogP contribution >= 0.6 is 0 Å². The Kier molecular flexibility index (Phi) is 4.99. The maximum absolute atomic E-state index is 5.37. The predicted octanol–water partition coefficient (Wildman–Crippen LogP) is 3.92. The van der Waals surface area contributed by atoms with Gasteiger partial charge in [-0.25, -0.2) is 4.98 Å². The van der Waals surface area contributed by atoms with Crippen LogP contribution in [0.5, 0.6) is 0 Å². The summed E-state index contributed by atoms with van der Waals surface area (Å²) in [7, 11) is 0. The number of aryl methyl sites for hydroxylation is 2.